The van der Waals surface area contributed by atoms with Crippen LogP contribution < -0.4 is 15.6 Å². The molecule has 0 aliphatic heterocycles. The van der Waals surface area contributed by atoms with Gasteiger partial charge in [-0.05, 0) is 37.6 Å². The van der Waals surface area contributed by atoms with Crippen molar-refractivity contribution in [1.29, 1.82) is 0 Å². The molecule has 0 aliphatic carbocycles. The number of para-hydroxylation sites is 1. The van der Waals surface area contributed by atoms with Crippen molar-refractivity contribution >= 4 is 17.2 Å². The van der Waals surface area contributed by atoms with Gasteiger partial charge in [-0.15, -0.1) is 11.3 Å². The van der Waals surface area contributed by atoms with Crippen molar-refractivity contribution in [2.45, 2.75) is 20.4 Å². The Hall–Kier alpha value is -2.93. The van der Waals surface area contributed by atoms with Crippen molar-refractivity contribution in [1.82, 2.24) is 15.3 Å². The van der Waals surface area contributed by atoms with Crippen LogP contribution in [0.5, 0.6) is 5.75 Å². The molecule has 0 aliphatic rings. The molecule has 2 aromatic heterocycles. The Bertz CT molecular complexity index is 1010. The Kier molecular flexibility index (Phi) is 5.18. The molecule has 0 atom stereocenters. The van der Waals surface area contributed by atoms with Crippen LogP contribution in [0.15, 0.2) is 41.3 Å². The monoisotopic (exact) mass is 369 g/mol. The summed E-state index contributed by atoms with van der Waals surface area (Å²) >= 11 is 1.47. The molecule has 2 N–H and O–H groups in total. The number of hydrogen-bond donors (Lipinski definition) is 2. The van der Waals surface area contributed by atoms with E-state index < -0.39 is 5.91 Å². The van der Waals surface area contributed by atoms with Gasteiger partial charge in [0.15, 0.2) is 0 Å². The fourth-order valence-corrected chi connectivity index (χ4v) is 3.37. The molecule has 0 saturated heterocycles. The van der Waals surface area contributed by atoms with Crippen LogP contribution in [0, 0.1) is 13.8 Å². The van der Waals surface area contributed by atoms with E-state index in [9.17, 15) is 9.59 Å². The summed E-state index contributed by atoms with van der Waals surface area (Å²) in [4.78, 5) is 32.3. The average molecular weight is 369 g/mol. The van der Waals surface area contributed by atoms with Gasteiger partial charge in [0.25, 0.3) is 11.5 Å². The third-order valence-electron chi connectivity index (χ3n) is 4.06. The summed E-state index contributed by atoms with van der Waals surface area (Å²) < 4.78 is 5.36. The summed E-state index contributed by atoms with van der Waals surface area (Å²) in [6.45, 7) is 3.96. The zero-order valence-corrected chi connectivity index (χ0v) is 15.6. The molecule has 0 radical (unpaired) electrons. The summed E-state index contributed by atoms with van der Waals surface area (Å²) in [5.74, 6) is 0.348. The van der Waals surface area contributed by atoms with E-state index in [4.69, 9.17) is 4.74 Å². The molecule has 134 valence electrons. The third-order valence-corrected chi connectivity index (χ3v) is 5.09. The number of aromatic amines is 1. The highest BCUT2D eigenvalue weighted by atomic mass is 32.1. The molecule has 6 nitrogen and oxygen atoms in total. The summed E-state index contributed by atoms with van der Waals surface area (Å²) in [5.41, 5.74) is 2.26. The predicted octanol–water partition coefficient (Wildman–Crippen LogP) is 3.05. The number of carbonyl (C=O) groups is 1. The number of thiazole rings is 1. The second-order valence-corrected chi connectivity index (χ2v) is 6.95. The number of benzene rings is 1. The number of nitrogens with zero attached hydrogens (tertiary/aromatic N) is 1. The van der Waals surface area contributed by atoms with Gasteiger partial charge in [-0.25, -0.2) is 4.98 Å². The van der Waals surface area contributed by atoms with E-state index in [1.807, 2.05) is 31.2 Å². The predicted molar refractivity (Wildman–Crippen MR) is 102 cm³/mol. The minimum atomic E-state index is -0.401. The molecular formula is C19H19N3O3S. The summed E-state index contributed by atoms with van der Waals surface area (Å²) in [7, 11) is 1.62. The zero-order chi connectivity index (χ0) is 18.7. The van der Waals surface area contributed by atoms with Gasteiger partial charge in [0.1, 0.15) is 16.3 Å². The number of aromatic nitrogens is 2. The van der Waals surface area contributed by atoms with Crippen LogP contribution in [-0.2, 0) is 6.54 Å². The van der Waals surface area contributed by atoms with Crippen LogP contribution in [0.2, 0.25) is 0 Å². The van der Waals surface area contributed by atoms with Gasteiger partial charge >= 0.3 is 0 Å². The number of ether oxygens (including phenoxy) is 1. The largest absolute Gasteiger partial charge is 0.496 e. The van der Waals surface area contributed by atoms with Crippen LogP contribution in [0.25, 0.3) is 10.6 Å². The van der Waals surface area contributed by atoms with Crippen molar-refractivity contribution in [2.24, 2.45) is 0 Å². The van der Waals surface area contributed by atoms with Crippen molar-refractivity contribution in [2.75, 3.05) is 7.11 Å². The number of aryl methyl sites for hydroxylation is 2. The first-order valence-corrected chi connectivity index (χ1v) is 8.88. The highest BCUT2D eigenvalue weighted by molar-refractivity contribution is 7.15. The summed E-state index contributed by atoms with van der Waals surface area (Å²) in [6.07, 6.45) is 1.72. The quantitative estimate of drug-likeness (QED) is 0.724. The lowest BCUT2D eigenvalue weighted by Crippen LogP contribution is -2.29. The van der Waals surface area contributed by atoms with E-state index in [1.54, 1.807) is 26.3 Å². The van der Waals surface area contributed by atoms with Crippen molar-refractivity contribution in [3.8, 4) is 16.3 Å². The standard InChI is InChI=1S/C19H19N3O3S/c1-11-8-15(18(24)22-12(11)2)17(23)20-9-13-10-21-19(26-13)14-6-4-5-7-16(14)25-3/h4-8,10H,9H2,1-3H3,(H,20,23)(H,22,24). The minimum absolute atomic E-state index is 0.113. The SMILES string of the molecule is COc1ccccc1-c1ncc(CNC(=O)c2cc(C)c(C)[nH]c2=O)s1. The Morgan fingerprint density at radius 3 is 2.85 bits per heavy atom. The number of carbonyl (C=O) groups excluding carboxylic acids is 1. The number of H-pyrrole nitrogens is 1. The van der Waals surface area contributed by atoms with Crippen LogP contribution in [0.4, 0.5) is 0 Å². The third kappa shape index (κ3) is 3.67. The van der Waals surface area contributed by atoms with Gasteiger partial charge in [0.05, 0.1) is 19.2 Å². The number of pyridine rings is 1. The van der Waals surface area contributed by atoms with Crippen molar-refractivity contribution < 1.29 is 9.53 Å². The zero-order valence-electron chi connectivity index (χ0n) is 14.8. The van der Waals surface area contributed by atoms with Crippen molar-refractivity contribution in [3.63, 3.8) is 0 Å². The Balaban J connectivity index is 1.73. The molecule has 0 fully saturated rings. The molecule has 0 bridgehead atoms. The van der Waals surface area contributed by atoms with E-state index in [0.29, 0.717) is 6.54 Å². The molecule has 26 heavy (non-hydrogen) atoms. The lowest BCUT2D eigenvalue weighted by Gasteiger charge is -2.06. The first-order valence-electron chi connectivity index (χ1n) is 8.06. The van der Waals surface area contributed by atoms with E-state index in [2.05, 4.69) is 15.3 Å². The maximum Gasteiger partial charge on any atom is 0.261 e. The smallest absolute Gasteiger partial charge is 0.261 e. The molecule has 3 rings (SSSR count). The number of rotatable bonds is 5. The van der Waals surface area contributed by atoms with Crippen LogP contribution in [0.1, 0.15) is 26.5 Å². The molecular weight excluding hydrogens is 350 g/mol. The Labute approximate surface area is 154 Å². The van der Waals surface area contributed by atoms with Gasteiger partial charge in [-0.3, -0.25) is 9.59 Å². The molecule has 7 heteroatoms. The highest BCUT2D eigenvalue weighted by Crippen LogP contribution is 2.32. The fourth-order valence-electron chi connectivity index (χ4n) is 2.49. The topological polar surface area (TPSA) is 84.1 Å². The second-order valence-electron chi connectivity index (χ2n) is 5.83. The highest BCUT2D eigenvalue weighted by Gasteiger charge is 2.14. The van der Waals surface area contributed by atoms with E-state index in [-0.39, 0.29) is 11.1 Å². The summed E-state index contributed by atoms with van der Waals surface area (Å²) in [6, 6.07) is 9.25. The van der Waals surface area contributed by atoms with Crippen molar-refractivity contribution in [3.05, 3.63) is 68.6 Å². The molecule has 0 spiro atoms. The van der Waals surface area contributed by atoms with Crippen LogP contribution >= 0.6 is 11.3 Å². The van der Waals surface area contributed by atoms with E-state index in [0.717, 1.165) is 32.5 Å². The summed E-state index contributed by atoms with van der Waals surface area (Å²) in [5, 5.41) is 3.59. The fraction of sp³-hybridized carbons (Fsp3) is 0.211. The van der Waals surface area contributed by atoms with E-state index >= 15 is 0 Å². The number of amides is 1. The number of hydrogen-bond acceptors (Lipinski definition) is 5. The van der Waals surface area contributed by atoms with Gasteiger partial charge in [0, 0.05) is 16.8 Å². The lowest BCUT2D eigenvalue weighted by molar-refractivity contribution is 0.0949. The van der Waals surface area contributed by atoms with E-state index in [1.165, 1.54) is 11.3 Å². The minimum Gasteiger partial charge on any atom is -0.496 e. The molecule has 2 heterocycles. The average Bonchev–Trinajstić information content (AvgIpc) is 3.11. The molecule has 1 aromatic carbocycles. The Morgan fingerprint density at radius 1 is 1.31 bits per heavy atom. The molecule has 1 amide bonds. The number of methoxy groups -OCH3 is 1. The molecule has 0 unspecified atom stereocenters. The van der Waals surface area contributed by atoms with Gasteiger partial charge < -0.3 is 15.0 Å². The first kappa shape index (κ1) is 17.9. The lowest BCUT2D eigenvalue weighted by atomic mass is 10.1. The number of nitrogens with one attached hydrogen (secondary N) is 2. The Morgan fingerprint density at radius 2 is 2.08 bits per heavy atom. The van der Waals surface area contributed by atoms with Crippen LogP contribution in [0.3, 0.4) is 0 Å². The maximum absolute atomic E-state index is 12.3. The van der Waals surface area contributed by atoms with Gasteiger partial charge in [-0.1, -0.05) is 12.1 Å². The maximum atomic E-state index is 12.3. The van der Waals surface area contributed by atoms with Crippen LogP contribution in [-0.4, -0.2) is 23.0 Å². The molecule has 0 saturated carbocycles. The van der Waals surface area contributed by atoms with Gasteiger partial charge in [-0.2, -0.15) is 0 Å². The second kappa shape index (κ2) is 7.53. The van der Waals surface area contributed by atoms with Gasteiger partial charge in [0.2, 0.25) is 0 Å². The normalized spacial score (nSPS) is 10.6. The first-order chi connectivity index (χ1) is 12.5. The molecule has 3 aromatic rings.